The van der Waals surface area contributed by atoms with E-state index in [9.17, 15) is 0 Å². The third-order valence-electron chi connectivity index (χ3n) is 4.95. The Bertz CT molecular complexity index is 805. The average Bonchev–Trinajstić information content (AvgIpc) is 2.76. The fraction of sp³-hybridized carbons (Fsp3) is 0.435. The summed E-state index contributed by atoms with van der Waals surface area (Å²) in [5.74, 6) is 0. The minimum absolute atomic E-state index is 0.491. The maximum atomic E-state index is 8.85. The van der Waals surface area contributed by atoms with E-state index in [2.05, 4.69) is 18.5 Å². The first-order valence-corrected chi connectivity index (χ1v) is 12.5. The summed E-state index contributed by atoms with van der Waals surface area (Å²) in [6, 6.07) is 11.4. The molecule has 0 saturated carbocycles. The lowest BCUT2D eigenvalue weighted by Gasteiger charge is -2.32. The number of hydrogen-bond donors (Lipinski definition) is 1. The van der Waals surface area contributed by atoms with Crippen molar-refractivity contribution in [2.24, 2.45) is 0 Å². The number of benzene rings is 2. The molecule has 0 radical (unpaired) electrons. The average molecular weight is 453 g/mol. The van der Waals surface area contributed by atoms with Gasteiger partial charge in [-0.2, -0.15) is 0 Å². The molecule has 2 aromatic carbocycles. The van der Waals surface area contributed by atoms with Crippen molar-refractivity contribution in [1.29, 1.82) is 5.41 Å². The summed E-state index contributed by atoms with van der Waals surface area (Å²) in [6.07, 6.45) is 0.935. The van der Waals surface area contributed by atoms with Crippen LogP contribution in [0.25, 0.3) is 0 Å². The maximum Gasteiger partial charge on any atom is 0.0688 e. The van der Waals surface area contributed by atoms with Gasteiger partial charge in [0, 0.05) is 39.9 Å². The molecule has 0 bridgehead atoms. The number of halogens is 2. The van der Waals surface area contributed by atoms with E-state index in [0.29, 0.717) is 21.4 Å². The topological polar surface area (TPSA) is 36.3 Å². The Morgan fingerprint density at radius 1 is 1.10 bits per heavy atom. The number of morpholine rings is 1. The first kappa shape index (κ1) is 24.2. The number of hydrogen-bond acceptors (Lipinski definition) is 3. The summed E-state index contributed by atoms with van der Waals surface area (Å²) in [4.78, 5) is 2.34. The molecular weight excluding hydrogens is 422 g/mol. The molecule has 2 unspecified atom stereocenters. The molecule has 3 nitrogen and oxygen atoms in total. The van der Waals surface area contributed by atoms with Crippen LogP contribution in [0.15, 0.2) is 36.4 Å². The smallest absolute Gasteiger partial charge is 0.0688 e. The monoisotopic (exact) mass is 452 g/mol. The van der Waals surface area contributed by atoms with Crippen molar-refractivity contribution < 1.29 is 4.74 Å². The summed E-state index contributed by atoms with van der Waals surface area (Å²) in [7, 11) is 0.850. The third kappa shape index (κ3) is 6.43. The zero-order valence-electron chi connectivity index (χ0n) is 17.7. The predicted octanol–water partition coefficient (Wildman–Crippen LogP) is 6.51. The largest absolute Gasteiger partial charge is 0.378 e. The molecule has 158 valence electrons. The second-order valence-corrected chi connectivity index (χ2v) is 9.26. The van der Waals surface area contributed by atoms with Gasteiger partial charge in [-0.15, -0.1) is 8.58 Å². The van der Waals surface area contributed by atoms with Gasteiger partial charge >= 0.3 is 0 Å². The van der Waals surface area contributed by atoms with E-state index >= 15 is 0 Å². The predicted molar refractivity (Wildman–Crippen MR) is 131 cm³/mol. The lowest BCUT2D eigenvalue weighted by molar-refractivity contribution is 0.122. The molecule has 1 heterocycles. The number of nitrogens with one attached hydrogen (secondary N) is 1. The molecule has 0 spiro atoms. The van der Waals surface area contributed by atoms with Gasteiger partial charge in [-0.3, -0.25) is 5.41 Å². The van der Waals surface area contributed by atoms with Crippen LogP contribution in [-0.4, -0.2) is 44.3 Å². The minimum Gasteiger partial charge on any atom is -0.378 e. The van der Waals surface area contributed by atoms with E-state index in [-0.39, 0.29) is 0 Å². The van der Waals surface area contributed by atoms with Gasteiger partial charge in [-0.05, 0) is 48.6 Å². The van der Waals surface area contributed by atoms with Crippen LogP contribution >= 0.6 is 31.8 Å². The van der Waals surface area contributed by atoms with Crippen molar-refractivity contribution in [3.05, 3.63) is 63.1 Å². The Hall–Kier alpha value is -1.12. The molecular formula is C23H31Cl2N2OP. The maximum absolute atomic E-state index is 8.85. The Labute approximate surface area is 187 Å². The van der Waals surface area contributed by atoms with E-state index in [4.69, 9.17) is 33.3 Å². The van der Waals surface area contributed by atoms with Crippen molar-refractivity contribution in [2.75, 3.05) is 37.9 Å². The third-order valence-corrected chi connectivity index (χ3v) is 6.61. The van der Waals surface area contributed by atoms with Gasteiger partial charge in [0.2, 0.25) is 0 Å². The molecule has 1 fully saturated rings. The molecule has 3 rings (SSSR count). The van der Waals surface area contributed by atoms with E-state index < -0.39 is 0 Å². The fourth-order valence-electron chi connectivity index (χ4n) is 3.33. The van der Waals surface area contributed by atoms with Crippen molar-refractivity contribution in [2.45, 2.75) is 32.9 Å². The molecule has 0 aliphatic carbocycles. The molecule has 1 aliphatic rings. The van der Waals surface area contributed by atoms with Crippen LogP contribution in [0.1, 0.15) is 37.5 Å². The fourth-order valence-corrected chi connectivity index (χ4v) is 4.07. The first-order valence-electron chi connectivity index (χ1n) is 10.2. The van der Waals surface area contributed by atoms with Gasteiger partial charge in [0.05, 0.1) is 18.9 Å². The van der Waals surface area contributed by atoms with E-state index in [1.54, 1.807) is 0 Å². The summed E-state index contributed by atoms with van der Waals surface area (Å²) >= 11 is 12.5. The highest BCUT2D eigenvalue weighted by atomic mass is 35.5. The van der Waals surface area contributed by atoms with Gasteiger partial charge in [-0.25, -0.2) is 0 Å². The van der Waals surface area contributed by atoms with Crippen LogP contribution in [0.5, 0.6) is 0 Å². The number of anilines is 1. The van der Waals surface area contributed by atoms with Crippen LogP contribution in [0, 0.1) is 5.41 Å². The highest BCUT2D eigenvalue weighted by molar-refractivity contribution is 7.37. The molecule has 6 heteroatoms. The van der Waals surface area contributed by atoms with Gasteiger partial charge in [0.15, 0.2) is 0 Å². The van der Waals surface area contributed by atoms with Gasteiger partial charge < -0.3 is 9.64 Å². The van der Waals surface area contributed by atoms with Crippen molar-refractivity contribution >= 4 is 43.2 Å². The second kappa shape index (κ2) is 11.9. The zero-order chi connectivity index (χ0) is 21.4. The molecule has 2 aromatic rings. The highest BCUT2D eigenvalue weighted by Crippen LogP contribution is 2.34. The Morgan fingerprint density at radius 2 is 1.72 bits per heavy atom. The second-order valence-electron chi connectivity index (χ2n) is 6.83. The van der Waals surface area contributed by atoms with Crippen LogP contribution in [0.3, 0.4) is 0 Å². The molecule has 1 N–H and O–H groups in total. The lowest BCUT2D eigenvalue weighted by atomic mass is 9.93. The number of nitrogens with zero attached hydrogens (tertiary/aromatic N) is 1. The summed E-state index contributed by atoms with van der Waals surface area (Å²) < 4.78 is 5.52. The van der Waals surface area contributed by atoms with Crippen LogP contribution in [-0.2, 0) is 11.2 Å². The molecule has 29 heavy (non-hydrogen) atoms. The summed E-state index contributed by atoms with van der Waals surface area (Å²) in [6.45, 7) is 11.7. The Morgan fingerprint density at radius 3 is 2.31 bits per heavy atom. The number of rotatable bonds is 6. The molecule has 1 aliphatic heterocycles. The zero-order valence-corrected chi connectivity index (χ0v) is 20.2. The quantitative estimate of drug-likeness (QED) is 0.400. The SMILES string of the molecule is CC.CPC(C)Cc1c(C(=N)c2ccc(Cl)cc2)cc(Cl)cc1N1CCOCC1. The Balaban J connectivity index is 0.00000145. The van der Waals surface area contributed by atoms with Crippen LogP contribution < -0.4 is 4.90 Å². The van der Waals surface area contributed by atoms with Gasteiger partial charge in [0.25, 0.3) is 0 Å². The molecule has 1 saturated heterocycles. The standard InChI is InChI=1S/C21H25Cl2N2OP.C2H6/c1-14(27-2)11-18-19(21(24)15-3-5-16(22)6-4-15)12-17(23)13-20(18)25-7-9-26-10-8-25;1-2/h3-6,12-14,24,27H,7-11H2,1-2H3;1-2H3. The molecule has 0 amide bonds. The van der Waals surface area contributed by atoms with Crippen molar-refractivity contribution in [1.82, 2.24) is 0 Å². The first-order chi connectivity index (χ1) is 14.0. The van der Waals surface area contributed by atoms with E-state index in [1.165, 1.54) is 5.56 Å². The van der Waals surface area contributed by atoms with Crippen molar-refractivity contribution in [3.8, 4) is 0 Å². The van der Waals surface area contributed by atoms with E-state index in [1.807, 2.05) is 50.2 Å². The lowest BCUT2D eigenvalue weighted by Crippen LogP contribution is -2.37. The van der Waals surface area contributed by atoms with Crippen LogP contribution in [0.4, 0.5) is 5.69 Å². The Kier molecular flexibility index (Phi) is 9.92. The van der Waals surface area contributed by atoms with Crippen molar-refractivity contribution in [3.63, 3.8) is 0 Å². The molecule has 0 aromatic heterocycles. The molecule has 2 atom stereocenters. The summed E-state index contributed by atoms with van der Waals surface area (Å²) in [5, 5.41) is 10.2. The van der Waals surface area contributed by atoms with Gasteiger partial charge in [0.1, 0.15) is 0 Å². The minimum atomic E-state index is 0.491. The van der Waals surface area contributed by atoms with Crippen LogP contribution in [0.2, 0.25) is 10.0 Å². The van der Waals surface area contributed by atoms with Gasteiger partial charge in [-0.1, -0.05) is 56.1 Å². The summed E-state index contributed by atoms with van der Waals surface area (Å²) in [5.41, 5.74) is 5.17. The highest BCUT2D eigenvalue weighted by Gasteiger charge is 2.22. The normalized spacial score (nSPS) is 15.2. The van der Waals surface area contributed by atoms with E-state index in [0.717, 1.165) is 58.1 Å². The number of ether oxygens (including phenoxy) is 1.